The minimum absolute atomic E-state index is 0.141. The second-order valence-corrected chi connectivity index (χ2v) is 4.92. The van der Waals surface area contributed by atoms with E-state index in [9.17, 15) is 8.78 Å². The monoisotopic (exact) mass is 296 g/mol. The Hall–Kier alpha value is -1.65. The van der Waals surface area contributed by atoms with Crippen molar-refractivity contribution in [3.63, 3.8) is 0 Å². The summed E-state index contributed by atoms with van der Waals surface area (Å²) in [7, 11) is 1.68. The van der Waals surface area contributed by atoms with Crippen LogP contribution in [0.15, 0.2) is 42.5 Å². The van der Waals surface area contributed by atoms with Crippen molar-refractivity contribution in [2.24, 2.45) is 5.73 Å². The molecule has 0 aliphatic heterocycles. The van der Waals surface area contributed by atoms with Crippen molar-refractivity contribution in [2.45, 2.75) is 6.04 Å². The Balaban J connectivity index is 2.42. The SMILES string of the molecule is CN(c1ccccc1F)C(CN)c1cc(Cl)ccc1F. The zero-order valence-corrected chi connectivity index (χ0v) is 11.7. The minimum Gasteiger partial charge on any atom is -0.364 e. The summed E-state index contributed by atoms with van der Waals surface area (Å²) >= 11 is 5.90. The lowest BCUT2D eigenvalue weighted by Gasteiger charge is -2.30. The third-order valence-corrected chi connectivity index (χ3v) is 3.48. The molecular weight excluding hydrogens is 282 g/mol. The average molecular weight is 297 g/mol. The quantitative estimate of drug-likeness (QED) is 0.931. The van der Waals surface area contributed by atoms with E-state index in [1.54, 1.807) is 30.1 Å². The Morgan fingerprint density at radius 1 is 1.15 bits per heavy atom. The molecule has 2 N–H and O–H groups in total. The van der Waals surface area contributed by atoms with Crippen LogP contribution >= 0.6 is 11.6 Å². The molecule has 0 aliphatic rings. The van der Waals surface area contributed by atoms with Crippen LogP contribution in [0.5, 0.6) is 0 Å². The van der Waals surface area contributed by atoms with Gasteiger partial charge in [-0.2, -0.15) is 0 Å². The molecule has 2 rings (SSSR count). The number of nitrogens with two attached hydrogens (primary N) is 1. The van der Waals surface area contributed by atoms with Crippen LogP contribution in [-0.2, 0) is 0 Å². The lowest BCUT2D eigenvalue weighted by molar-refractivity contribution is 0.562. The van der Waals surface area contributed by atoms with Gasteiger partial charge < -0.3 is 10.6 Å². The summed E-state index contributed by atoms with van der Waals surface area (Å²) in [5, 5.41) is 0.418. The molecule has 2 aromatic carbocycles. The number of benzene rings is 2. The number of anilines is 1. The van der Waals surface area contributed by atoms with Crippen LogP contribution in [0.2, 0.25) is 5.02 Å². The number of rotatable bonds is 4. The van der Waals surface area contributed by atoms with Crippen molar-refractivity contribution in [3.05, 3.63) is 64.7 Å². The molecule has 1 unspecified atom stereocenters. The highest BCUT2D eigenvalue weighted by molar-refractivity contribution is 6.30. The van der Waals surface area contributed by atoms with Gasteiger partial charge in [0.05, 0.1) is 11.7 Å². The summed E-state index contributed by atoms with van der Waals surface area (Å²) < 4.78 is 27.8. The second-order valence-electron chi connectivity index (χ2n) is 4.48. The summed E-state index contributed by atoms with van der Waals surface area (Å²) in [6, 6.07) is 10.1. The van der Waals surface area contributed by atoms with E-state index in [-0.39, 0.29) is 12.4 Å². The maximum atomic E-state index is 13.9. The Kier molecular flexibility index (Phi) is 4.57. The molecule has 0 aromatic heterocycles. The van der Waals surface area contributed by atoms with Gasteiger partial charge in [0.25, 0.3) is 0 Å². The van der Waals surface area contributed by atoms with Crippen LogP contribution in [0.1, 0.15) is 11.6 Å². The van der Waals surface area contributed by atoms with E-state index in [4.69, 9.17) is 17.3 Å². The Morgan fingerprint density at radius 3 is 2.50 bits per heavy atom. The molecule has 2 nitrogen and oxygen atoms in total. The number of hydrogen-bond donors (Lipinski definition) is 1. The van der Waals surface area contributed by atoms with Gasteiger partial charge in [0.2, 0.25) is 0 Å². The van der Waals surface area contributed by atoms with Gasteiger partial charge >= 0.3 is 0 Å². The fourth-order valence-corrected chi connectivity index (χ4v) is 2.35. The first kappa shape index (κ1) is 14.8. The first-order chi connectivity index (χ1) is 9.54. The van der Waals surface area contributed by atoms with Gasteiger partial charge in [0, 0.05) is 24.2 Å². The van der Waals surface area contributed by atoms with Crippen LogP contribution in [0, 0.1) is 11.6 Å². The second kappa shape index (κ2) is 6.20. The molecular formula is C15H15ClF2N2. The smallest absolute Gasteiger partial charge is 0.146 e. The summed E-state index contributed by atoms with van der Waals surface area (Å²) in [4.78, 5) is 1.62. The summed E-state index contributed by atoms with van der Waals surface area (Å²) in [6.07, 6.45) is 0. The molecule has 0 saturated carbocycles. The van der Waals surface area contributed by atoms with Crippen LogP contribution in [0.3, 0.4) is 0 Å². The van der Waals surface area contributed by atoms with E-state index in [0.29, 0.717) is 16.3 Å². The fourth-order valence-electron chi connectivity index (χ4n) is 2.17. The molecule has 0 amide bonds. The summed E-state index contributed by atoms with van der Waals surface area (Å²) in [5.74, 6) is -0.788. The van der Waals surface area contributed by atoms with E-state index >= 15 is 0 Å². The van der Waals surface area contributed by atoms with Crippen LogP contribution in [-0.4, -0.2) is 13.6 Å². The van der Waals surface area contributed by atoms with E-state index in [1.807, 2.05) is 0 Å². The Bertz CT molecular complexity index is 604. The van der Waals surface area contributed by atoms with Crippen LogP contribution in [0.25, 0.3) is 0 Å². The van der Waals surface area contributed by atoms with Crippen molar-refractivity contribution in [2.75, 3.05) is 18.5 Å². The number of halogens is 3. The van der Waals surface area contributed by atoms with E-state index in [1.165, 1.54) is 24.3 Å². The topological polar surface area (TPSA) is 29.3 Å². The molecule has 0 saturated heterocycles. The lowest BCUT2D eigenvalue weighted by atomic mass is 10.0. The third kappa shape index (κ3) is 2.92. The molecule has 0 radical (unpaired) electrons. The zero-order valence-electron chi connectivity index (χ0n) is 11.0. The predicted octanol–water partition coefficient (Wildman–Crippen LogP) is 3.75. The molecule has 0 bridgehead atoms. The van der Waals surface area contributed by atoms with Crippen LogP contribution in [0.4, 0.5) is 14.5 Å². The van der Waals surface area contributed by atoms with Gasteiger partial charge in [-0.1, -0.05) is 23.7 Å². The van der Waals surface area contributed by atoms with E-state index in [2.05, 4.69) is 0 Å². The fraction of sp³-hybridized carbons (Fsp3) is 0.200. The van der Waals surface area contributed by atoms with E-state index < -0.39 is 11.9 Å². The molecule has 0 fully saturated rings. The highest BCUT2D eigenvalue weighted by Gasteiger charge is 2.21. The minimum atomic E-state index is -0.495. The Morgan fingerprint density at radius 2 is 1.85 bits per heavy atom. The van der Waals surface area contributed by atoms with Gasteiger partial charge in [-0.3, -0.25) is 0 Å². The number of nitrogens with zero attached hydrogens (tertiary/aromatic N) is 1. The van der Waals surface area contributed by atoms with Gasteiger partial charge in [0.1, 0.15) is 11.6 Å². The summed E-state index contributed by atoms with van der Waals surface area (Å²) in [5.41, 5.74) is 6.45. The molecule has 2 aromatic rings. The average Bonchev–Trinajstić information content (AvgIpc) is 2.44. The van der Waals surface area contributed by atoms with Crippen molar-refractivity contribution < 1.29 is 8.78 Å². The normalized spacial score (nSPS) is 12.2. The van der Waals surface area contributed by atoms with Crippen molar-refractivity contribution >= 4 is 17.3 Å². The first-order valence-electron chi connectivity index (χ1n) is 6.17. The van der Waals surface area contributed by atoms with Crippen molar-refractivity contribution in [1.29, 1.82) is 0 Å². The number of hydrogen-bond acceptors (Lipinski definition) is 2. The maximum Gasteiger partial charge on any atom is 0.146 e. The van der Waals surface area contributed by atoms with Gasteiger partial charge in [-0.15, -0.1) is 0 Å². The standard InChI is InChI=1S/C15H15ClF2N2/c1-20(14-5-3-2-4-13(14)18)15(9-19)11-8-10(16)6-7-12(11)17/h2-8,15H,9,19H2,1H3. The number of para-hydroxylation sites is 1. The van der Waals surface area contributed by atoms with Gasteiger partial charge in [0.15, 0.2) is 0 Å². The van der Waals surface area contributed by atoms with Gasteiger partial charge in [-0.25, -0.2) is 8.78 Å². The molecule has 0 aliphatic carbocycles. The highest BCUT2D eigenvalue weighted by Crippen LogP contribution is 2.29. The van der Waals surface area contributed by atoms with Gasteiger partial charge in [-0.05, 0) is 30.3 Å². The largest absolute Gasteiger partial charge is 0.364 e. The highest BCUT2D eigenvalue weighted by atomic mass is 35.5. The maximum absolute atomic E-state index is 13.9. The molecule has 1 atom stereocenters. The van der Waals surface area contributed by atoms with Crippen LogP contribution < -0.4 is 10.6 Å². The third-order valence-electron chi connectivity index (χ3n) is 3.24. The van der Waals surface area contributed by atoms with E-state index in [0.717, 1.165) is 0 Å². The zero-order chi connectivity index (χ0) is 14.7. The Labute approximate surface area is 121 Å². The number of likely N-dealkylation sites (N-methyl/N-ethyl adjacent to an activating group) is 1. The van der Waals surface area contributed by atoms with Crippen molar-refractivity contribution in [1.82, 2.24) is 0 Å². The molecule has 20 heavy (non-hydrogen) atoms. The molecule has 106 valence electrons. The predicted molar refractivity (Wildman–Crippen MR) is 78.0 cm³/mol. The molecule has 0 spiro atoms. The molecule has 5 heteroatoms. The molecule has 0 heterocycles. The summed E-state index contributed by atoms with van der Waals surface area (Å²) in [6.45, 7) is 0.141. The van der Waals surface area contributed by atoms with Crippen molar-refractivity contribution in [3.8, 4) is 0 Å². The lowest BCUT2D eigenvalue weighted by Crippen LogP contribution is -2.31. The first-order valence-corrected chi connectivity index (χ1v) is 6.54.